The van der Waals surface area contributed by atoms with Gasteiger partial charge in [-0.25, -0.2) is 4.98 Å². The number of aromatic nitrogens is 2. The van der Waals surface area contributed by atoms with Crippen LogP contribution in [0.15, 0.2) is 30.3 Å². The van der Waals surface area contributed by atoms with Gasteiger partial charge in [0.1, 0.15) is 5.82 Å². The molecular weight excluding hydrogens is 305 g/mol. The number of halogens is 4. The first kappa shape index (κ1) is 15.4. The Morgan fingerprint density at radius 2 is 1.95 bits per heavy atom. The predicted molar refractivity (Wildman–Crippen MR) is 75.9 cm³/mol. The van der Waals surface area contributed by atoms with Gasteiger partial charge >= 0.3 is 6.18 Å². The molecule has 0 bridgehead atoms. The Kier molecular flexibility index (Phi) is 4.52. The highest BCUT2D eigenvalue weighted by Gasteiger charge is 2.33. The van der Waals surface area contributed by atoms with Gasteiger partial charge in [0, 0.05) is 23.3 Å². The van der Waals surface area contributed by atoms with Crippen LogP contribution in [0.3, 0.4) is 0 Å². The molecule has 0 fully saturated rings. The van der Waals surface area contributed by atoms with Crippen LogP contribution in [-0.4, -0.2) is 16.5 Å². The Hall–Kier alpha value is -2.02. The number of hydrogen-bond donors (Lipinski definition) is 2. The Labute approximate surface area is 124 Å². The van der Waals surface area contributed by atoms with Gasteiger partial charge in [0.15, 0.2) is 5.69 Å². The number of anilines is 3. The normalized spacial score (nSPS) is 11.3. The van der Waals surface area contributed by atoms with Gasteiger partial charge in [0.25, 0.3) is 0 Å². The maximum Gasteiger partial charge on any atom is 0.433 e. The van der Waals surface area contributed by atoms with Gasteiger partial charge in [-0.15, -0.1) is 0 Å². The summed E-state index contributed by atoms with van der Waals surface area (Å²) in [6.07, 6.45) is -4.54. The molecular formula is C13H12ClF3N4. The molecule has 0 saturated heterocycles. The molecule has 0 radical (unpaired) electrons. The van der Waals surface area contributed by atoms with Gasteiger partial charge in [-0.05, 0) is 25.1 Å². The second-order valence-electron chi connectivity index (χ2n) is 4.13. The summed E-state index contributed by atoms with van der Waals surface area (Å²) in [5, 5.41) is 5.92. The molecule has 0 aliphatic heterocycles. The van der Waals surface area contributed by atoms with Crippen molar-refractivity contribution < 1.29 is 13.2 Å². The zero-order valence-electron chi connectivity index (χ0n) is 11.0. The van der Waals surface area contributed by atoms with Crippen molar-refractivity contribution in [1.29, 1.82) is 0 Å². The van der Waals surface area contributed by atoms with Crippen LogP contribution in [0.25, 0.3) is 0 Å². The van der Waals surface area contributed by atoms with Crippen LogP contribution < -0.4 is 10.6 Å². The molecule has 2 N–H and O–H groups in total. The predicted octanol–water partition coefficient (Wildman–Crippen LogP) is 4.32. The SMILES string of the molecule is CCNc1nc(Nc2cccc(Cl)c2)cc(C(F)(F)F)n1. The van der Waals surface area contributed by atoms with E-state index in [9.17, 15) is 13.2 Å². The lowest BCUT2D eigenvalue weighted by atomic mass is 10.3. The van der Waals surface area contributed by atoms with Gasteiger partial charge in [-0.2, -0.15) is 18.2 Å². The minimum Gasteiger partial charge on any atom is -0.354 e. The number of alkyl halides is 3. The van der Waals surface area contributed by atoms with Gasteiger partial charge in [-0.1, -0.05) is 17.7 Å². The highest BCUT2D eigenvalue weighted by molar-refractivity contribution is 6.30. The smallest absolute Gasteiger partial charge is 0.354 e. The van der Waals surface area contributed by atoms with E-state index in [1.165, 1.54) is 0 Å². The molecule has 0 amide bonds. The number of rotatable bonds is 4. The number of nitrogens with zero attached hydrogens (tertiary/aromatic N) is 2. The summed E-state index contributed by atoms with van der Waals surface area (Å²) in [7, 11) is 0. The molecule has 0 spiro atoms. The van der Waals surface area contributed by atoms with Crippen molar-refractivity contribution in [2.75, 3.05) is 17.2 Å². The van der Waals surface area contributed by atoms with Gasteiger partial charge in [0.2, 0.25) is 5.95 Å². The molecule has 21 heavy (non-hydrogen) atoms. The van der Waals surface area contributed by atoms with Crippen LogP contribution in [0.5, 0.6) is 0 Å². The van der Waals surface area contributed by atoms with Crippen LogP contribution in [0, 0.1) is 0 Å². The minimum atomic E-state index is -4.54. The molecule has 8 heteroatoms. The molecule has 0 unspecified atom stereocenters. The lowest BCUT2D eigenvalue weighted by Crippen LogP contribution is -2.13. The van der Waals surface area contributed by atoms with Gasteiger partial charge in [-0.3, -0.25) is 0 Å². The summed E-state index contributed by atoms with van der Waals surface area (Å²) < 4.78 is 38.5. The van der Waals surface area contributed by atoms with E-state index in [-0.39, 0.29) is 11.8 Å². The molecule has 4 nitrogen and oxygen atoms in total. The molecule has 0 aliphatic rings. The average molecular weight is 317 g/mol. The monoisotopic (exact) mass is 316 g/mol. The highest BCUT2D eigenvalue weighted by Crippen LogP contribution is 2.30. The van der Waals surface area contributed by atoms with Crippen molar-refractivity contribution in [2.45, 2.75) is 13.1 Å². The van der Waals surface area contributed by atoms with Crippen molar-refractivity contribution in [3.8, 4) is 0 Å². The van der Waals surface area contributed by atoms with Crippen molar-refractivity contribution in [1.82, 2.24) is 9.97 Å². The number of nitrogens with one attached hydrogen (secondary N) is 2. The molecule has 1 aromatic carbocycles. The fourth-order valence-electron chi connectivity index (χ4n) is 1.61. The van der Waals surface area contributed by atoms with E-state index in [0.717, 1.165) is 6.07 Å². The van der Waals surface area contributed by atoms with Crippen LogP contribution in [0.4, 0.5) is 30.6 Å². The van der Waals surface area contributed by atoms with E-state index in [1.54, 1.807) is 31.2 Å². The number of benzene rings is 1. The third kappa shape index (κ3) is 4.22. The molecule has 0 saturated carbocycles. The van der Waals surface area contributed by atoms with Crippen molar-refractivity contribution >= 4 is 29.1 Å². The van der Waals surface area contributed by atoms with Crippen LogP contribution in [0.2, 0.25) is 5.02 Å². The standard InChI is InChI=1S/C13H12ClF3N4/c1-2-18-12-20-10(13(15,16)17)7-11(21-12)19-9-5-3-4-8(14)6-9/h3-7H,2H2,1H3,(H2,18,19,20,21). The summed E-state index contributed by atoms with van der Waals surface area (Å²) in [5.74, 6) is -0.0487. The first-order valence-corrected chi connectivity index (χ1v) is 6.49. The average Bonchev–Trinajstić information content (AvgIpc) is 2.37. The molecule has 0 atom stereocenters. The summed E-state index contributed by atoms with van der Waals surface area (Å²) in [6.45, 7) is 2.16. The van der Waals surface area contributed by atoms with E-state index >= 15 is 0 Å². The van der Waals surface area contributed by atoms with E-state index in [0.29, 0.717) is 17.3 Å². The quantitative estimate of drug-likeness (QED) is 0.881. The molecule has 2 rings (SSSR count). The fraction of sp³-hybridized carbons (Fsp3) is 0.231. The van der Waals surface area contributed by atoms with Crippen molar-refractivity contribution in [2.24, 2.45) is 0 Å². The third-order valence-electron chi connectivity index (χ3n) is 2.45. The Morgan fingerprint density at radius 3 is 2.57 bits per heavy atom. The third-order valence-corrected chi connectivity index (χ3v) is 2.68. The van der Waals surface area contributed by atoms with E-state index in [1.807, 2.05) is 0 Å². The lowest BCUT2D eigenvalue weighted by Gasteiger charge is -2.12. The molecule has 1 aromatic heterocycles. The maximum absolute atomic E-state index is 12.8. The van der Waals surface area contributed by atoms with E-state index in [4.69, 9.17) is 11.6 Å². The zero-order chi connectivity index (χ0) is 15.5. The summed E-state index contributed by atoms with van der Waals surface area (Å²) >= 11 is 5.83. The van der Waals surface area contributed by atoms with Gasteiger partial charge < -0.3 is 10.6 Å². The molecule has 112 valence electrons. The van der Waals surface area contributed by atoms with Crippen LogP contribution >= 0.6 is 11.6 Å². The Balaban J connectivity index is 2.35. The van der Waals surface area contributed by atoms with Crippen molar-refractivity contribution in [3.05, 3.63) is 41.0 Å². The first-order chi connectivity index (χ1) is 9.88. The highest BCUT2D eigenvalue weighted by atomic mass is 35.5. The van der Waals surface area contributed by atoms with Crippen LogP contribution in [0.1, 0.15) is 12.6 Å². The summed E-state index contributed by atoms with van der Waals surface area (Å²) in [5.41, 5.74) is -0.477. The number of hydrogen-bond acceptors (Lipinski definition) is 4. The zero-order valence-corrected chi connectivity index (χ0v) is 11.8. The van der Waals surface area contributed by atoms with Gasteiger partial charge in [0.05, 0.1) is 0 Å². The molecule has 1 heterocycles. The Morgan fingerprint density at radius 1 is 1.19 bits per heavy atom. The second kappa shape index (κ2) is 6.17. The second-order valence-corrected chi connectivity index (χ2v) is 4.56. The first-order valence-electron chi connectivity index (χ1n) is 6.11. The fourth-order valence-corrected chi connectivity index (χ4v) is 1.80. The van der Waals surface area contributed by atoms with Crippen molar-refractivity contribution in [3.63, 3.8) is 0 Å². The molecule has 2 aromatic rings. The summed E-state index contributed by atoms with van der Waals surface area (Å²) in [6, 6.07) is 7.46. The Bertz CT molecular complexity index is 631. The van der Waals surface area contributed by atoms with E-state index < -0.39 is 11.9 Å². The summed E-state index contributed by atoms with van der Waals surface area (Å²) in [4.78, 5) is 7.43. The van der Waals surface area contributed by atoms with Crippen LogP contribution in [-0.2, 0) is 6.18 Å². The van der Waals surface area contributed by atoms with E-state index in [2.05, 4.69) is 20.6 Å². The lowest BCUT2D eigenvalue weighted by molar-refractivity contribution is -0.141. The topological polar surface area (TPSA) is 49.8 Å². The minimum absolute atomic E-state index is 0.0375. The largest absolute Gasteiger partial charge is 0.433 e. The maximum atomic E-state index is 12.8. The molecule has 0 aliphatic carbocycles.